The molecule has 0 bridgehead atoms. The molecule has 1 aliphatic heterocycles. The highest BCUT2D eigenvalue weighted by molar-refractivity contribution is 5.98. The van der Waals surface area contributed by atoms with Crippen LogP contribution in [-0.4, -0.2) is 12.4 Å². The van der Waals surface area contributed by atoms with Crippen LogP contribution < -0.4 is 4.74 Å². The second kappa shape index (κ2) is 3.62. The Kier molecular flexibility index (Phi) is 2.23. The lowest BCUT2D eigenvalue weighted by Crippen LogP contribution is -2.13. The maximum Gasteiger partial charge on any atom is 0.165 e. The van der Waals surface area contributed by atoms with Gasteiger partial charge in [0.15, 0.2) is 5.78 Å². The molecule has 2 nitrogen and oxygen atoms in total. The Labute approximate surface area is 95.6 Å². The van der Waals surface area contributed by atoms with Gasteiger partial charge in [-0.1, -0.05) is 6.92 Å². The van der Waals surface area contributed by atoms with Gasteiger partial charge in [0.1, 0.15) is 5.75 Å². The van der Waals surface area contributed by atoms with E-state index < -0.39 is 0 Å². The van der Waals surface area contributed by atoms with Crippen LogP contribution in [0.4, 0.5) is 0 Å². The molecule has 1 atom stereocenters. The Hall–Kier alpha value is -1.31. The van der Waals surface area contributed by atoms with Gasteiger partial charge in [-0.15, -0.1) is 0 Å². The number of rotatable bonds is 3. The summed E-state index contributed by atoms with van der Waals surface area (Å²) < 4.78 is 5.44. The quantitative estimate of drug-likeness (QED) is 0.726. The van der Waals surface area contributed by atoms with E-state index in [9.17, 15) is 4.79 Å². The number of carbonyl (C=O) groups excluding carboxylic acids is 1. The predicted octanol–water partition coefficient (Wildman–Crippen LogP) is 2.85. The SMILES string of the molecule is CC(C(=O)c1ccc2c(c1)CCO2)C1CC1. The van der Waals surface area contributed by atoms with Crippen LogP contribution in [0.3, 0.4) is 0 Å². The van der Waals surface area contributed by atoms with Crippen molar-refractivity contribution in [3.8, 4) is 5.75 Å². The second-order valence-electron chi connectivity index (χ2n) is 4.91. The Morgan fingerprint density at radius 3 is 3.00 bits per heavy atom. The molecule has 1 aliphatic carbocycles. The van der Waals surface area contributed by atoms with Crippen molar-refractivity contribution in [2.75, 3.05) is 6.61 Å². The third-order valence-corrected chi connectivity index (χ3v) is 3.72. The lowest BCUT2D eigenvalue weighted by atomic mass is 9.94. The number of hydrogen-bond donors (Lipinski definition) is 0. The summed E-state index contributed by atoms with van der Waals surface area (Å²) in [5.41, 5.74) is 2.05. The van der Waals surface area contributed by atoms with Crippen molar-refractivity contribution in [3.63, 3.8) is 0 Å². The first-order valence-corrected chi connectivity index (χ1v) is 6.05. The van der Waals surface area contributed by atoms with Crippen molar-refractivity contribution < 1.29 is 9.53 Å². The number of ether oxygens (including phenoxy) is 1. The highest BCUT2D eigenvalue weighted by atomic mass is 16.5. The minimum Gasteiger partial charge on any atom is -0.493 e. The molecule has 1 heterocycles. The molecule has 1 unspecified atom stereocenters. The van der Waals surface area contributed by atoms with Crippen molar-refractivity contribution in [1.82, 2.24) is 0 Å². The molecule has 0 amide bonds. The van der Waals surface area contributed by atoms with Crippen molar-refractivity contribution >= 4 is 5.78 Å². The van der Waals surface area contributed by atoms with Crippen LogP contribution in [-0.2, 0) is 6.42 Å². The molecule has 16 heavy (non-hydrogen) atoms. The van der Waals surface area contributed by atoms with Gasteiger partial charge in [-0.25, -0.2) is 0 Å². The topological polar surface area (TPSA) is 26.3 Å². The Morgan fingerprint density at radius 2 is 2.25 bits per heavy atom. The summed E-state index contributed by atoms with van der Waals surface area (Å²) in [5.74, 6) is 2.09. The highest BCUT2D eigenvalue weighted by Gasteiger charge is 2.33. The van der Waals surface area contributed by atoms with Gasteiger partial charge in [-0.3, -0.25) is 4.79 Å². The van der Waals surface area contributed by atoms with Crippen LogP contribution in [0.25, 0.3) is 0 Å². The fraction of sp³-hybridized carbons (Fsp3) is 0.500. The molecule has 1 aromatic carbocycles. The minimum atomic E-state index is 0.195. The van der Waals surface area contributed by atoms with Gasteiger partial charge < -0.3 is 4.74 Å². The Morgan fingerprint density at radius 1 is 1.44 bits per heavy atom. The number of benzene rings is 1. The lowest BCUT2D eigenvalue weighted by molar-refractivity contribution is 0.0916. The molecular weight excluding hydrogens is 200 g/mol. The zero-order chi connectivity index (χ0) is 11.1. The molecule has 1 aromatic rings. The van der Waals surface area contributed by atoms with Gasteiger partial charge in [0, 0.05) is 17.9 Å². The van der Waals surface area contributed by atoms with E-state index in [2.05, 4.69) is 6.92 Å². The lowest BCUT2D eigenvalue weighted by Gasteiger charge is -2.09. The average molecular weight is 216 g/mol. The van der Waals surface area contributed by atoms with Gasteiger partial charge >= 0.3 is 0 Å². The summed E-state index contributed by atoms with van der Waals surface area (Å²) in [6.07, 6.45) is 3.39. The number of carbonyl (C=O) groups is 1. The monoisotopic (exact) mass is 216 g/mol. The first-order chi connectivity index (χ1) is 7.75. The van der Waals surface area contributed by atoms with Crippen LogP contribution in [0.1, 0.15) is 35.7 Å². The molecule has 0 radical (unpaired) electrons. The summed E-state index contributed by atoms with van der Waals surface area (Å²) in [7, 11) is 0. The van der Waals surface area contributed by atoms with Crippen LogP contribution in [0.2, 0.25) is 0 Å². The zero-order valence-corrected chi connectivity index (χ0v) is 9.53. The minimum absolute atomic E-state index is 0.195. The number of hydrogen-bond acceptors (Lipinski definition) is 2. The Balaban J connectivity index is 1.85. The second-order valence-corrected chi connectivity index (χ2v) is 4.91. The fourth-order valence-electron chi connectivity index (χ4n) is 2.41. The maximum absolute atomic E-state index is 12.2. The summed E-state index contributed by atoms with van der Waals surface area (Å²) in [5, 5.41) is 0. The smallest absolute Gasteiger partial charge is 0.165 e. The van der Waals surface area contributed by atoms with Gasteiger partial charge in [0.05, 0.1) is 6.61 Å². The summed E-state index contributed by atoms with van der Waals surface area (Å²) >= 11 is 0. The third kappa shape index (κ3) is 1.62. The highest BCUT2D eigenvalue weighted by Crippen LogP contribution is 2.38. The third-order valence-electron chi connectivity index (χ3n) is 3.72. The van der Waals surface area contributed by atoms with Crippen LogP contribution >= 0.6 is 0 Å². The molecule has 3 rings (SSSR count). The normalized spacial score (nSPS) is 20.1. The maximum atomic E-state index is 12.2. The van der Waals surface area contributed by atoms with E-state index >= 15 is 0 Å². The molecule has 2 aliphatic rings. The fourth-order valence-corrected chi connectivity index (χ4v) is 2.41. The van der Waals surface area contributed by atoms with Crippen molar-refractivity contribution in [2.45, 2.75) is 26.2 Å². The van der Waals surface area contributed by atoms with E-state index in [1.165, 1.54) is 18.4 Å². The predicted molar refractivity (Wildman–Crippen MR) is 61.9 cm³/mol. The van der Waals surface area contributed by atoms with E-state index in [1.54, 1.807) is 0 Å². The van der Waals surface area contributed by atoms with Crippen LogP contribution in [0.5, 0.6) is 5.75 Å². The summed E-state index contributed by atoms with van der Waals surface area (Å²) in [4.78, 5) is 12.2. The zero-order valence-electron chi connectivity index (χ0n) is 9.53. The number of fused-ring (bicyclic) bond motifs is 1. The van der Waals surface area contributed by atoms with E-state index in [-0.39, 0.29) is 5.92 Å². The molecule has 0 N–H and O–H groups in total. The Bertz CT molecular complexity index is 432. The molecule has 0 spiro atoms. The average Bonchev–Trinajstić information content (AvgIpc) is 3.05. The molecular formula is C14H16O2. The van der Waals surface area contributed by atoms with Crippen molar-refractivity contribution in [3.05, 3.63) is 29.3 Å². The number of ketones is 1. The molecule has 0 saturated heterocycles. The first kappa shape index (κ1) is 9.88. The van der Waals surface area contributed by atoms with Crippen molar-refractivity contribution in [2.24, 2.45) is 11.8 Å². The van der Waals surface area contributed by atoms with E-state index in [1.807, 2.05) is 18.2 Å². The molecule has 0 aromatic heterocycles. The largest absolute Gasteiger partial charge is 0.493 e. The van der Waals surface area contributed by atoms with Crippen LogP contribution in [0.15, 0.2) is 18.2 Å². The summed E-state index contributed by atoms with van der Waals surface area (Å²) in [6.45, 7) is 2.81. The van der Waals surface area contributed by atoms with Gasteiger partial charge in [-0.05, 0) is 42.5 Å². The molecule has 1 saturated carbocycles. The van der Waals surface area contributed by atoms with E-state index in [4.69, 9.17) is 4.74 Å². The standard InChI is InChI=1S/C14H16O2/c1-9(10-2-3-10)14(15)12-4-5-13-11(8-12)6-7-16-13/h4-5,8-10H,2-3,6-7H2,1H3. The van der Waals surface area contributed by atoms with Crippen molar-refractivity contribution in [1.29, 1.82) is 0 Å². The van der Waals surface area contributed by atoms with E-state index in [0.717, 1.165) is 24.3 Å². The van der Waals surface area contributed by atoms with Gasteiger partial charge in [0.25, 0.3) is 0 Å². The molecule has 84 valence electrons. The molecule has 1 fully saturated rings. The van der Waals surface area contributed by atoms with Gasteiger partial charge in [0.2, 0.25) is 0 Å². The summed E-state index contributed by atoms with van der Waals surface area (Å²) in [6, 6.07) is 5.87. The van der Waals surface area contributed by atoms with Crippen LogP contribution in [0, 0.1) is 11.8 Å². The number of Topliss-reactive ketones (excluding diaryl/α,β-unsaturated/α-hetero) is 1. The van der Waals surface area contributed by atoms with E-state index in [0.29, 0.717) is 11.7 Å². The first-order valence-electron chi connectivity index (χ1n) is 6.05. The molecule has 2 heteroatoms. The van der Waals surface area contributed by atoms with Gasteiger partial charge in [-0.2, -0.15) is 0 Å².